The van der Waals surface area contributed by atoms with Crippen LogP contribution in [0.5, 0.6) is 0 Å². The van der Waals surface area contributed by atoms with Crippen LogP contribution >= 0.6 is 0 Å². The Labute approximate surface area is 173 Å². The number of amides is 4. The van der Waals surface area contributed by atoms with Gasteiger partial charge >= 0.3 is 0 Å². The first-order valence-corrected chi connectivity index (χ1v) is 10.6. The fourth-order valence-electron chi connectivity index (χ4n) is 4.13. The Morgan fingerprint density at radius 1 is 0.931 bits per heavy atom. The molecule has 0 aliphatic carbocycles. The Hall–Kier alpha value is -2.12. The topological polar surface area (TPSA) is 98.8 Å². The number of carbonyl (C=O) groups is 4. The lowest BCUT2D eigenvalue weighted by Crippen LogP contribution is -2.57. The Morgan fingerprint density at radius 3 is 2.00 bits per heavy atom. The SMILES string of the molecule is CNC(=O)[C@@H](NC(=O)[C@@H]1CCCN1C(=O)[C@@H]1CCCN1C(=O)C(C)(C)C)C(C)C. The number of likely N-dealkylation sites (tertiary alicyclic amines) is 2. The molecule has 0 aromatic rings. The zero-order chi connectivity index (χ0) is 21.9. The lowest BCUT2D eigenvalue weighted by Gasteiger charge is -2.34. The molecule has 2 aliphatic heterocycles. The van der Waals surface area contributed by atoms with Gasteiger partial charge in [0, 0.05) is 25.6 Å². The second-order valence-electron chi connectivity index (χ2n) is 9.44. The summed E-state index contributed by atoms with van der Waals surface area (Å²) in [6.07, 6.45) is 2.71. The summed E-state index contributed by atoms with van der Waals surface area (Å²) in [5.74, 6) is -0.808. The van der Waals surface area contributed by atoms with E-state index in [-0.39, 0.29) is 29.5 Å². The van der Waals surface area contributed by atoms with Gasteiger partial charge in [0.25, 0.3) is 0 Å². The molecule has 4 amide bonds. The van der Waals surface area contributed by atoms with E-state index in [1.807, 2.05) is 34.6 Å². The molecule has 2 heterocycles. The van der Waals surface area contributed by atoms with Crippen molar-refractivity contribution in [3.05, 3.63) is 0 Å². The van der Waals surface area contributed by atoms with Crippen molar-refractivity contribution < 1.29 is 19.2 Å². The number of likely N-dealkylation sites (N-methyl/N-ethyl adjacent to an activating group) is 1. The minimum absolute atomic E-state index is 0.0342. The van der Waals surface area contributed by atoms with Crippen molar-refractivity contribution in [2.75, 3.05) is 20.1 Å². The summed E-state index contributed by atoms with van der Waals surface area (Å²) in [5.41, 5.74) is -0.553. The zero-order valence-corrected chi connectivity index (χ0v) is 18.6. The predicted molar refractivity (Wildman–Crippen MR) is 110 cm³/mol. The van der Waals surface area contributed by atoms with Crippen LogP contribution < -0.4 is 10.6 Å². The summed E-state index contributed by atoms with van der Waals surface area (Å²) in [6, 6.07) is -1.74. The molecule has 3 atom stereocenters. The smallest absolute Gasteiger partial charge is 0.246 e. The molecule has 0 unspecified atom stereocenters. The predicted octanol–water partition coefficient (Wildman–Crippen LogP) is 0.901. The highest BCUT2D eigenvalue weighted by molar-refractivity contribution is 5.95. The molecule has 164 valence electrons. The lowest BCUT2D eigenvalue weighted by molar-refractivity contribution is -0.150. The molecule has 0 bridgehead atoms. The highest BCUT2D eigenvalue weighted by atomic mass is 16.2. The Balaban J connectivity index is 2.13. The maximum Gasteiger partial charge on any atom is 0.246 e. The molecule has 0 aromatic carbocycles. The molecule has 2 rings (SSSR count). The monoisotopic (exact) mass is 408 g/mol. The number of hydrogen-bond donors (Lipinski definition) is 2. The molecule has 0 spiro atoms. The van der Waals surface area contributed by atoms with Gasteiger partial charge in [0.1, 0.15) is 18.1 Å². The average Bonchev–Trinajstić information content (AvgIpc) is 3.32. The van der Waals surface area contributed by atoms with Crippen LogP contribution in [0.1, 0.15) is 60.3 Å². The van der Waals surface area contributed by atoms with E-state index in [0.717, 1.165) is 12.8 Å². The van der Waals surface area contributed by atoms with Crippen LogP contribution in [0.2, 0.25) is 0 Å². The Kier molecular flexibility index (Phi) is 7.30. The summed E-state index contributed by atoms with van der Waals surface area (Å²) in [5, 5.41) is 5.39. The van der Waals surface area contributed by atoms with E-state index in [1.165, 1.54) is 7.05 Å². The third-order valence-corrected chi connectivity index (χ3v) is 5.77. The zero-order valence-electron chi connectivity index (χ0n) is 18.6. The molecule has 0 saturated carbocycles. The molecule has 2 aliphatic rings. The van der Waals surface area contributed by atoms with Crippen molar-refractivity contribution in [2.24, 2.45) is 11.3 Å². The van der Waals surface area contributed by atoms with Gasteiger partial charge in [-0.25, -0.2) is 0 Å². The van der Waals surface area contributed by atoms with Crippen molar-refractivity contribution in [3.63, 3.8) is 0 Å². The van der Waals surface area contributed by atoms with Gasteiger partial charge in [0.15, 0.2) is 0 Å². The molecule has 0 aromatic heterocycles. The van der Waals surface area contributed by atoms with Gasteiger partial charge in [-0.15, -0.1) is 0 Å². The maximum absolute atomic E-state index is 13.3. The number of nitrogens with one attached hydrogen (secondary N) is 2. The average molecular weight is 409 g/mol. The number of carbonyl (C=O) groups excluding carboxylic acids is 4. The Bertz CT molecular complexity index is 656. The van der Waals surface area contributed by atoms with Gasteiger partial charge in [-0.3, -0.25) is 19.2 Å². The minimum atomic E-state index is -0.643. The second-order valence-corrected chi connectivity index (χ2v) is 9.44. The summed E-state index contributed by atoms with van der Waals surface area (Å²) < 4.78 is 0. The molecular weight excluding hydrogens is 372 g/mol. The summed E-state index contributed by atoms with van der Waals surface area (Å²) in [7, 11) is 1.54. The van der Waals surface area contributed by atoms with E-state index >= 15 is 0 Å². The molecule has 2 N–H and O–H groups in total. The third kappa shape index (κ3) is 5.08. The van der Waals surface area contributed by atoms with Crippen molar-refractivity contribution in [2.45, 2.75) is 78.4 Å². The lowest BCUT2D eigenvalue weighted by atomic mass is 9.94. The maximum atomic E-state index is 13.3. The van der Waals surface area contributed by atoms with Gasteiger partial charge in [0.05, 0.1) is 0 Å². The third-order valence-electron chi connectivity index (χ3n) is 5.77. The van der Waals surface area contributed by atoms with Crippen LogP contribution in [0, 0.1) is 11.3 Å². The van der Waals surface area contributed by atoms with Crippen LogP contribution in [0.3, 0.4) is 0 Å². The van der Waals surface area contributed by atoms with E-state index in [4.69, 9.17) is 0 Å². The van der Waals surface area contributed by atoms with E-state index in [9.17, 15) is 19.2 Å². The van der Waals surface area contributed by atoms with Crippen LogP contribution in [0.25, 0.3) is 0 Å². The van der Waals surface area contributed by atoms with Crippen LogP contribution in [-0.2, 0) is 19.2 Å². The van der Waals surface area contributed by atoms with Gasteiger partial charge in [-0.05, 0) is 31.6 Å². The molecule has 2 saturated heterocycles. The standard InChI is InChI=1S/C21H36N4O4/c1-13(2)16(18(27)22-6)23-17(26)14-9-7-11-24(14)19(28)15-10-8-12-25(15)20(29)21(3,4)5/h13-16H,7-12H2,1-6H3,(H,22,27)(H,23,26)/t14-,15-,16-/m0/s1. The summed E-state index contributed by atoms with van der Waals surface area (Å²) in [6.45, 7) is 10.4. The molecule has 8 heteroatoms. The number of nitrogens with zero attached hydrogens (tertiary/aromatic N) is 2. The molecule has 2 fully saturated rings. The van der Waals surface area contributed by atoms with Gasteiger partial charge in [-0.2, -0.15) is 0 Å². The van der Waals surface area contributed by atoms with Crippen molar-refractivity contribution >= 4 is 23.6 Å². The van der Waals surface area contributed by atoms with Crippen molar-refractivity contribution in [1.29, 1.82) is 0 Å². The van der Waals surface area contributed by atoms with Gasteiger partial charge in [0.2, 0.25) is 23.6 Å². The number of hydrogen-bond acceptors (Lipinski definition) is 4. The van der Waals surface area contributed by atoms with Crippen molar-refractivity contribution in [1.82, 2.24) is 20.4 Å². The molecule has 29 heavy (non-hydrogen) atoms. The molecule has 0 radical (unpaired) electrons. The van der Waals surface area contributed by atoms with Crippen LogP contribution in [0.15, 0.2) is 0 Å². The highest BCUT2D eigenvalue weighted by Crippen LogP contribution is 2.29. The normalized spacial score (nSPS) is 23.3. The largest absolute Gasteiger partial charge is 0.357 e. The minimum Gasteiger partial charge on any atom is -0.357 e. The Morgan fingerprint density at radius 2 is 1.48 bits per heavy atom. The fourth-order valence-corrected chi connectivity index (χ4v) is 4.13. The van der Waals surface area contributed by atoms with Crippen LogP contribution in [0.4, 0.5) is 0 Å². The fraction of sp³-hybridized carbons (Fsp3) is 0.810. The first-order valence-electron chi connectivity index (χ1n) is 10.6. The van der Waals surface area contributed by atoms with Crippen molar-refractivity contribution in [3.8, 4) is 0 Å². The number of rotatable bonds is 5. The van der Waals surface area contributed by atoms with Crippen LogP contribution in [-0.4, -0.2) is 71.7 Å². The van der Waals surface area contributed by atoms with Gasteiger partial charge in [-0.1, -0.05) is 34.6 Å². The molecule has 8 nitrogen and oxygen atoms in total. The summed E-state index contributed by atoms with van der Waals surface area (Å²) in [4.78, 5) is 54.4. The quantitative estimate of drug-likeness (QED) is 0.706. The highest BCUT2D eigenvalue weighted by Gasteiger charge is 2.44. The molecular formula is C21H36N4O4. The van der Waals surface area contributed by atoms with Gasteiger partial charge < -0.3 is 20.4 Å². The first kappa shape index (κ1) is 23.2. The first-order chi connectivity index (χ1) is 13.5. The second kappa shape index (κ2) is 9.13. The van der Waals surface area contributed by atoms with E-state index in [1.54, 1.807) is 9.80 Å². The summed E-state index contributed by atoms with van der Waals surface area (Å²) >= 11 is 0. The van der Waals surface area contributed by atoms with E-state index < -0.39 is 23.5 Å². The van der Waals surface area contributed by atoms with E-state index in [0.29, 0.717) is 25.9 Å². The van der Waals surface area contributed by atoms with E-state index in [2.05, 4.69) is 10.6 Å².